The van der Waals surface area contributed by atoms with E-state index in [0.29, 0.717) is 16.6 Å². The minimum absolute atomic E-state index is 0.267. The molecule has 0 spiro atoms. The zero-order valence-corrected chi connectivity index (χ0v) is 15.5. The lowest BCUT2D eigenvalue weighted by Crippen LogP contribution is -2.00. The number of hydrogen-bond acceptors (Lipinski definition) is 2. The molecule has 2 heterocycles. The Labute approximate surface area is 151 Å². The van der Waals surface area contributed by atoms with Crippen molar-refractivity contribution >= 4 is 22.5 Å². The molecule has 0 amide bonds. The first-order valence-electron chi connectivity index (χ1n) is 8.35. The van der Waals surface area contributed by atoms with E-state index in [1.807, 2.05) is 26.0 Å². The van der Waals surface area contributed by atoms with Gasteiger partial charge in [-0.25, -0.2) is 8.78 Å². The maximum atomic E-state index is 12.4. The Morgan fingerprint density at radius 2 is 1.80 bits per heavy atom. The molecule has 1 N–H and O–H groups in total. The molecule has 6 heteroatoms. The smallest absolute Gasteiger partial charge is 0.244 e. The molecule has 0 fully saturated rings. The Morgan fingerprint density at radius 3 is 2.36 bits per heavy atom. The maximum Gasteiger partial charge on any atom is 0.244 e. The zero-order valence-electron chi connectivity index (χ0n) is 14.8. The standard InChI is InChI=1S/C17H16ClF2N3.C2H6/c1-9(2)14-4-10-3-13(18)12(6-15(10)23-14)16-8-21-11(7-22-16)5-17(19)20;1-2/h3-4,6-9,17,23H,5H2,1-2H3;1-2H3. The van der Waals surface area contributed by atoms with Gasteiger partial charge in [-0.05, 0) is 24.1 Å². The van der Waals surface area contributed by atoms with E-state index in [1.54, 1.807) is 0 Å². The van der Waals surface area contributed by atoms with Gasteiger partial charge < -0.3 is 4.98 Å². The molecule has 0 atom stereocenters. The first-order valence-corrected chi connectivity index (χ1v) is 8.73. The van der Waals surface area contributed by atoms with Gasteiger partial charge in [0.2, 0.25) is 6.43 Å². The van der Waals surface area contributed by atoms with Gasteiger partial charge in [0.25, 0.3) is 0 Å². The van der Waals surface area contributed by atoms with Crippen molar-refractivity contribution in [2.45, 2.75) is 46.5 Å². The van der Waals surface area contributed by atoms with Gasteiger partial charge in [0, 0.05) is 28.4 Å². The summed E-state index contributed by atoms with van der Waals surface area (Å²) < 4.78 is 24.7. The Morgan fingerprint density at radius 1 is 1.08 bits per heavy atom. The molecule has 0 bridgehead atoms. The van der Waals surface area contributed by atoms with Crippen LogP contribution in [0.4, 0.5) is 8.78 Å². The van der Waals surface area contributed by atoms with E-state index in [0.717, 1.165) is 22.2 Å². The highest BCUT2D eigenvalue weighted by Crippen LogP contribution is 2.32. The zero-order chi connectivity index (χ0) is 18.6. The molecular formula is C19H22ClF2N3. The molecule has 3 nitrogen and oxygen atoms in total. The predicted molar refractivity (Wildman–Crippen MR) is 99.5 cm³/mol. The topological polar surface area (TPSA) is 41.6 Å². The summed E-state index contributed by atoms with van der Waals surface area (Å²) in [5.41, 5.74) is 3.66. The first kappa shape index (κ1) is 19.3. The van der Waals surface area contributed by atoms with Gasteiger partial charge in [-0.1, -0.05) is 39.3 Å². The third-order valence-corrected chi connectivity index (χ3v) is 4.01. The highest BCUT2D eigenvalue weighted by atomic mass is 35.5. The monoisotopic (exact) mass is 365 g/mol. The molecule has 0 aliphatic heterocycles. The average molecular weight is 366 g/mol. The van der Waals surface area contributed by atoms with Crippen LogP contribution >= 0.6 is 11.6 Å². The first-order chi connectivity index (χ1) is 11.9. The van der Waals surface area contributed by atoms with Crippen LogP contribution in [0.1, 0.15) is 45.0 Å². The van der Waals surface area contributed by atoms with Crippen molar-refractivity contribution < 1.29 is 8.78 Å². The molecule has 25 heavy (non-hydrogen) atoms. The second-order valence-electron chi connectivity index (χ2n) is 5.79. The van der Waals surface area contributed by atoms with E-state index < -0.39 is 12.8 Å². The van der Waals surface area contributed by atoms with E-state index in [-0.39, 0.29) is 5.69 Å². The normalized spacial score (nSPS) is 11.1. The summed E-state index contributed by atoms with van der Waals surface area (Å²) in [4.78, 5) is 11.6. The molecule has 0 saturated heterocycles. The molecule has 0 unspecified atom stereocenters. The molecule has 134 valence electrons. The highest BCUT2D eigenvalue weighted by molar-refractivity contribution is 6.34. The number of nitrogens with zero attached hydrogens (tertiary/aromatic N) is 2. The van der Waals surface area contributed by atoms with Gasteiger partial charge in [0.05, 0.1) is 29.0 Å². The number of benzene rings is 1. The number of aromatic nitrogens is 3. The summed E-state index contributed by atoms with van der Waals surface area (Å²) in [7, 11) is 0. The molecule has 3 rings (SSSR count). The van der Waals surface area contributed by atoms with Crippen molar-refractivity contribution in [3.63, 3.8) is 0 Å². The molecule has 0 radical (unpaired) electrons. The number of alkyl halides is 2. The molecule has 0 aliphatic rings. The minimum Gasteiger partial charge on any atom is -0.358 e. The molecule has 2 aromatic heterocycles. The molecule has 3 aromatic rings. The quantitative estimate of drug-likeness (QED) is 0.594. The Bertz CT molecular complexity index is 827. The predicted octanol–water partition coefficient (Wildman–Crippen LogP) is 6.24. The van der Waals surface area contributed by atoms with Crippen LogP contribution in [-0.2, 0) is 6.42 Å². The third-order valence-electron chi connectivity index (χ3n) is 3.70. The van der Waals surface area contributed by atoms with Gasteiger partial charge in [-0.3, -0.25) is 9.97 Å². The molecule has 1 aromatic carbocycles. The lowest BCUT2D eigenvalue weighted by atomic mass is 10.1. The fourth-order valence-electron chi connectivity index (χ4n) is 2.44. The van der Waals surface area contributed by atoms with Gasteiger partial charge >= 0.3 is 0 Å². The van der Waals surface area contributed by atoms with Crippen LogP contribution in [-0.4, -0.2) is 21.4 Å². The lowest BCUT2D eigenvalue weighted by Gasteiger charge is -2.05. The lowest BCUT2D eigenvalue weighted by molar-refractivity contribution is 0.147. The van der Waals surface area contributed by atoms with Crippen LogP contribution in [0.5, 0.6) is 0 Å². The van der Waals surface area contributed by atoms with Crippen LogP contribution in [0.15, 0.2) is 30.6 Å². The number of rotatable bonds is 4. The van der Waals surface area contributed by atoms with Crippen LogP contribution in [0, 0.1) is 0 Å². The van der Waals surface area contributed by atoms with E-state index in [2.05, 4.69) is 34.9 Å². The number of aromatic amines is 1. The van der Waals surface area contributed by atoms with Crippen molar-refractivity contribution in [1.29, 1.82) is 0 Å². The summed E-state index contributed by atoms with van der Waals surface area (Å²) in [5.74, 6) is 0.387. The van der Waals surface area contributed by atoms with E-state index >= 15 is 0 Å². The van der Waals surface area contributed by atoms with Gasteiger partial charge in [0.1, 0.15) is 0 Å². The Hall–Kier alpha value is -2.01. The van der Waals surface area contributed by atoms with Gasteiger partial charge in [-0.15, -0.1) is 0 Å². The molecule has 0 saturated carbocycles. The van der Waals surface area contributed by atoms with Gasteiger partial charge in [-0.2, -0.15) is 0 Å². The minimum atomic E-state index is -2.43. The number of H-pyrrole nitrogens is 1. The number of fused-ring (bicyclic) bond motifs is 1. The number of halogens is 3. The van der Waals surface area contributed by atoms with Crippen LogP contribution < -0.4 is 0 Å². The van der Waals surface area contributed by atoms with Crippen LogP contribution in [0.25, 0.3) is 22.2 Å². The van der Waals surface area contributed by atoms with Crippen molar-refractivity contribution in [3.8, 4) is 11.3 Å². The largest absolute Gasteiger partial charge is 0.358 e. The van der Waals surface area contributed by atoms with Crippen molar-refractivity contribution in [2.24, 2.45) is 0 Å². The fraction of sp³-hybridized carbons (Fsp3) is 0.368. The molecule has 0 aliphatic carbocycles. The van der Waals surface area contributed by atoms with Crippen molar-refractivity contribution in [3.05, 3.63) is 47.0 Å². The van der Waals surface area contributed by atoms with Crippen molar-refractivity contribution in [1.82, 2.24) is 15.0 Å². The summed E-state index contributed by atoms with van der Waals surface area (Å²) >= 11 is 6.35. The Balaban J connectivity index is 0.00000109. The molecular weight excluding hydrogens is 344 g/mol. The summed E-state index contributed by atoms with van der Waals surface area (Å²) in [6, 6.07) is 5.87. The van der Waals surface area contributed by atoms with E-state index in [4.69, 9.17) is 11.6 Å². The van der Waals surface area contributed by atoms with Crippen LogP contribution in [0.3, 0.4) is 0 Å². The van der Waals surface area contributed by atoms with Gasteiger partial charge in [0.15, 0.2) is 0 Å². The summed E-state index contributed by atoms with van der Waals surface area (Å²) in [5, 5.41) is 1.59. The fourth-order valence-corrected chi connectivity index (χ4v) is 2.71. The maximum absolute atomic E-state index is 12.4. The summed E-state index contributed by atoms with van der Waals surface area (Å²) in [6.45, 7) is 8.22. The highest BCUT2D eigenvalue weighted by Gasteiger charge is 2.12. The number of nitrogens with one attached hydrogen (secondary N) is 1. The van der Waals surface area contributed by atoms with Crippen LogP contribution in [0.2, 0.25) is 5.02 Å². The Kier molecular flexibility index (Phi) is 6.48. The second kappa shape index (κ2) is 8.39. The number of hydrogen-bond donors (Lipinski definition) is 1. The third kappa shape index (κ3) is 4.54. The van der Waals surface area contributed by atoms with E-state index in [9.17, 15) is 8.78 Å². The van der Waals surface area contributed by atoms with Crippen molar-refractivity contribution in [2.75, 3.05) is 0 Å². The second-order valence-corrected chi connectivity index (χ2v) is 6.19. The average Bonchev–Trinajstić information content (AvgIpc) is 2.99. The summed E-state index contributed by atoms with van der Waals surface area (Å²) in [6.07, 6.45) is 0.0327. The van der Waals surface area contributed by atoms with E-state index in [1.165, 1.54) is 12.4 Å². The SMILES string of the molecule is CC.CC(C)c1cc2cc(Cl)c(-c3cnc(CC(F)F)cn3)cc2[nH]1.